The number of nitrogens with zero attached hydrogens (tertiary/aromatic N) is 3. The molecule has 2 heterocycles. The summed E-state index contributed by atoms with van der Waals surface area (Å²) >= 11 is 1.66. The number of hydrogen-bond acceptors (Lipinski definition) is 5. The second kappa shape index (κ2) is 9.03. The van der Waals surface area contributed by atoms with E-state index in [9.17, 15) is 4.79 Å². The second-order valence-electron chi connectivity index (χ2n) is 7.80. The molecular formula is C22H28N4O2S. The molecular weight excluding hydrogens is 384 g/mol. The zero-order valence-corrected chi connectivity index (χ0v) is 17.9. The first kappa shape index (κ1) is 20.0. The maximum Gasteiger partial charge on any atom is 0.224 e. The number of aromatic nitrogens is 3. The lowest BCUT2D eigenvalue weighted by molar-refractivity contribution is -0.120. The van der Waals surface area contributed by atoms with E-state index in [0.29, 0.717) is 19.0 Å². The van der Waals surface area contributed by atoms with Crippen molar-refractivity contribution in [2.24, 2.45) is 0 Å². The SMILES string of the molecule is CSc1nnc(CCCNC(=O)Cc2coc3cc(C)ccc23)n1C1CCCC1. The van der Waals surface area contributed by atoms with E-state index in [-0.39, 0.29) is 5.91 Å². The van der Waals surface area contributed by atoms with Crippen molar-refractivity contribution in [2.75, 3.05) is 12.8 Å². The highest BCUT2D eigenvalue weighted by molar-refractivity contribution is 7.98. The highest BCUT2D eigenvalue weighted by Crippen LogP contribution is 2.33. The molecule has 29 heavy (non-hydrogen) atoms. The predicted octanol–water partition coefficient (Wildman–Crippen LogP) is 4.46. The molecule has 6 nitrogen and oxygen atoms in total. The highest BCUT2D eigenvalue weighted by atomic mass is 32.2. The fraction of sp³-hybridized carbons (Fsp3) is 0.500. The smallest absolute Gasteiger partial charge is 0.224 e. The molecule has 1 amide bonds. The number of rotatable bonds is 8. The number of hydrogen-bond donors (Lipinski definition) is 1. The molecule has 0 bridgehead atoms. The van der Waals surface area contributed by atoms with Crippen LogP contribution in [0.15, 0.2) is 34.0 Å². The molecule has 154 valence electrons. The molecule has 0 aliphatic heterocycles. The molecule has 3 aromatic rings. The minimum atomic E-state index is 0.0235. The van der Waals surface area contributed by atoms with Gasteiger partial charge in [-0.05, 0) is 44.1 Å². The Hall–Kier alpha value is -2.28. The van der Waals surface area contributed by atoms with Gasteiger partial charge in [0.05, 0.1) is 12.7 Å². The normalized spacial score (nSPS) is 14.7. The van der Waals surface area contributed by atoms with Gasteiger partial charge >= 0.3 is 0 Å². The Kier molecular flexibility index (Phi) is 6.23. The van der Waals surface area contributed by atoms with E-state index in [0.717, 1.165) is 45.9 Å². The summed E-state index contributed by atoms with van der Waals surface area (Å²) in [6.45, 7) is 2.67. The number of furan rings is 1. The zero-order chi connectivity index (χ0) is 20.2. The first-order chi connectivity index (χ1) is 14.2. The van der Waals surface area contributed by atoms with Crippen molar-refractivity contribution >= 4 is 28.6 Å². The lowest BCUT2D eigenvalue weighted by atomic mass is 10.1. The van der Waals surface area contributed by atoms with Crippen LogP contribution in [0, 0.1) is 6.92 Å². The van der Waals surface area contributed by atoms with Gasteiger partial charge in [-0.1, -0.05) is 36.7 Å². The standard InChI is InChI=1S/C22H28N4O2S/c1-15-9-10-18-16(14-28-19(18)12-15)13-21(27)23-11-5-8-20-24-25-22(29-2)26(20)17-6-3-4-7-17/h9-10,12,14,17H,3-8,11,13H2,1-2H3,(H,23,27). The van der Waals surface area contributed by atoms with E-state index < -0.39 is 0 Å². The average molecular weight is 413 g/mol. The van der Waals surface area contributed by atoms with E-state index in [1.54, 1.807) is 18.0 Å². The van der Waals surface area contributed by atoms with Crippen molar-refractivity contribution in [2.45, 2.75) is 63.1 Å². The maximum absolute atomic E-state index is 12.4. The molecule has 7 heteroatoms. The number of carbonyl (C=O) groups is 1. The van der Waals surface area contributed by atoms with Gasteiger partial charge in [0.2, 0.25) is 5.91 Å². The Morgan fingerprint density at radius 2 is 2.14 bits per heavy atom. The number of fused-ring (bicyclic) bond motifs is 1. The molecule has 1 fully saturated rings. The van der Waals surface area contributed by atoms with Crippen LogP contribution >= 0.6 is 11.8 Å². The van der Waals surface area contributed by atoms with E-state index in [1.165, 1.54) is 25.7 Å². The lowest BCUT2D eigenvalue weighted by Gasteiger charge is -2.16. The molecule has 1 aromatic carbocycles. The molecule has 1 aliphatic rings. The Morgan fingerprint density at radius 3 is 2.93 bits per heavy atom. The zero-order valence-electron chi connectivity index (χ0n) is 17.1. The lowest BCUT2D eigenvalue weighted by Crippen LogP contribution is -2.26. The number of carbonyl (C=O) groups excluding carboxylic acids is 1. The molecule has 1 saturated carbocycles. The molecule has 0 radical (unpaired) electrons. The molecule has 0 unspecified atom stereocenters. The highest BCUT2D eigenvalue weighted by Gasteiger charge is 2.23. The van der Waals surface area contributed by atoms with Gasteiger partial charge in [0.15, 0.2) is 5.16 Å². The van der Waals surface area contributed by atoms with Crippen LogP contribution in [0.25, 0.3) is 11.0 Å². The first-order valence-corrected chi connectivity index (χ1v) is 11.6. The minimum Gasteiger partial charge on any atom is -0.464 e. The number of thioether (sulfide) groups is 1. The van der Waals surface area contributed by atoms with Crippen LogP contribution in [0.2, 0.25) is 0 Å². The summed E-state index contributed by atoms with van der Waals surface area (Å²) in [5.41, 5.74) is 2.92. The van der Waals surface area contributed by atoms with Crippen LogP contribution in [0.3, 0.4) is 0 Å². The van der Waals surface area contributed by atoms with E-state index >= 15 is 0 Å². The maximum atomic E-state index is 12.4. The summed E-state index contributed by atoms with van der Waals surface area (Å²) in [7, 11) is 0. The Bertz CT molecular complexity index is 988. The Morgan fingerprint density at radius 1 is 1.31 bits per heavy atom. The fourth-order valence-corrected chi connectivity index (χ4v) is 4.76. The summed E-state index contributed by atoms with van der Waals surface area (Å²) in [6.07, 6.45) is 10.8. The molecule has 4 rings (SSSR count). The predicted molar refractivity (Wildman–Crippen MR) is 115 cm³/mol. The van der Waals surface area contributed by atoms with Crippen molar-refractivity contribution in [3.05, 3.63) is 41.4 Å². The third kappa shape index (κ3) is 4.50. The molecule has 1 N–H and O–H groups in total. The largest absolute Gasteiger partial charge is 0.464 e. The molecule has 2 aromatic heterocycles. The Balaban J connectivity index is 1.29. The third-order valence-electron chi connectivity index (χ3n) is 5.67. The molecule has 0 atom stereocenters. The number of aryl methyl sites for hydroxylation is 2. The van der Waals surface area contributed by atoms with Gasteiger partial charge in [-0.3, -0.25) is 4.79 Å². The van der Waals surface area contributed by atoms with Crippen LogP contribution in [0.4, 0.5) is 0 Å². The van der Waals surface area contributed by atoms with Crippen molar-refractivity contribution < 1.29 is 9.21 Å². The molecule has 1 aliphatic carbocycles. The van der Waals surface area contributed by atoms with Crippen LogP contribution in [0.5, 0.6) is 0 Å². The van der Waals surface area contributed by atoms with Crippen LogP contribution in [-0.2, 0) is 17.6 Å². The van der Waals surface area contributed by atoms with Gasteiger partial charge < -0.3 is 14.3 Å². The van der Waals surface area contributed by atoms with Crippen molar-refractivity contribution in [3.8, 4) is 0 Å². The molecule has 0 saturated heterocycles. The van der Waals surface area contributed by atoms with Gasteiger partial charge in [0.1, 0.15) is 11.4 Å². The summed E-state index contributed by atoms with van der Waals surface area (Å²) in [5, 5.41) is 13.8. The topological polar surface area (TPSA) is 73.0 Å². The van der Waals surface area contributed by atoms with Crippen molar-refractivity contribution in [3.63, 3.8) is 0 Å². The van der Waals surface area contributed by atoms with Crippen LogP contribution in [-0.4, -0.2) is 33.5 Å². The molecule has 0 spiro atoms. The summed E-state index contributed by atoms with van der Waals surface area (Å²) < 4.78 is 7.92. The van der Waals surface area contributed by atoms with Crippen molar-refractivity contribution in [1.82, 2.24) is 20.1 Å². The van der Waals surface area contributed by atoms with E-state index in [2.05, 4.69) is 26.3 Å². The van der Waals surface area contributed by atoms with Gasteiger partial charge in [-0.15, -0.1) is 10.2 Å². The van der Waals surface area contributed by atoms with E-state index in [4.69, 9.17) is 4.42 Å². The van der Waals surface area contributed by atoms with Gasteiger partial charge in [-0.2, -0.15) is 0 Å². The number of amides is 1. The van der Waals surface area contributed by atoms with Crippen LogP contribution < -0.4 is 5.32 Å². The summed E-state index contributed by atoms with van der Waals surface area (Å²) in [5.74, 6) is 1.07. The monoisotopic (exact) mass is 412 g/mol. The van der Waals surface area contributed by atoms with Crippen molar-refractivity contribution in [1.29, 1.82) is 0 Å². The summed E-state index contributed by atoms with van der Waals surface area (Å²) in [4.78, 5) is 12.4. The average Bonchev–Trinajstić information content (AvgIpc) is 3.44. The third-order valence-corrected chi connectivity index (χ3v) is 6.31. The Labute approximate surface area is 175 Å². The number of benzene rings is 1. The summed E-state index contributed by atoms with van der Waals surface area (Å²) in [6, 6.07) is 6.61. The van der Waals surface area contributed by atoms with Gasteiger partial charge in [-0.25, -0.2) is 0 Å². The fourth-order valence-electron chi connectivity index (χ4n) is 4.18. The van der Waals surface area contributed by atoms with E-state index in [1.807, 2.05) is 25.1 Å². The van der Waals surface area contributed by atoms with Crippen LogP contribution in [0.1, 0.15) is 55.1 Å². The second-order valence-corrected chi connectivity index (χ2v) is 8.58. The first-order valence-electron chi connectivity index (χ1n) is 10.4. The van der Waals surface area contributed by atoms with Gasteiger partial charge in [0, 0.05) is 30.0 Å². The number of nitrogens with one attached hydrogen (secondary N) is 1. The minimum absolute atomic E-state index is 0.0235. The quantitative estimate of drug-likeness (QED) is 0.437. The van der Waals surface area contributed by atoms with Gasteiger partial charge in [0.25, 0.3) is 0 Å².